The number of para-hydroxylation sites is 1. The molecule has 2 aliphatic rings. The molecule has 25 heavy (non-hydrogen) atoms. The number of carbonyl (C=O) groups excluding carboxylic acids is 2. The lowest BCUT2D eigenvalue weighted by atomic mass is 10.2. The van der Waals surface area contributed by atoms with Gasteiger partial charge in [0.2, 0.25) is 0 Å². The second kappa shape index (κ2) is 7.53. The van der Waals surface area contributed by atoms with E-state index in [1.807, 2.05) is 6.07 Å². The van der Waals surface area contributed by atoms with Crippen LogP contribution in [0.5, 0.6) is 0 Å². The summed E-state index contributed by atoms with van der Waals surface area (Å²) in [5, 5.41) is 0. The number of amides is 1. The van der Waals surface area contributed by atoms with Crippen LogP contribution in [-0.2, 0) is 28.9 Å². The second-order valence-electron chi connectivity index (χ2n) is 6.27. The highest BCUT2D eigenvalue weighted by molar-refractivity contribution is 7.91. The zero-order chi connectivity index (χ0) is 17.9. The highest BCUT2D eigenvalue weighted by Gasteiger charge is 2.36. The Morgan fingerprint density at radius 2 is 1.96 bits per heavy atom. The molecule has 2 atom stereocenters. The number of sulfone groups is 1. The van der Waals surface area contributed by atoms with Gasteiger partial charge >= 0.3 is 5.97 Å². The summed E-state index contributed by atoms with van der Waals surface area (Å²) in [6.45, 7) is 0.0912. The summed E-state index contributed by atoms with van der Waals surface area (Å²) in [6.07, 6.45) is 1.16. The average Bonchev–Trinajstić information content (AvgIpc) is 3.24. The molecule has 0 aliphatic carbocycles. The molecule has 7 nitrogen and oxygen atoms in total. The molecular formula is C17H21NO6S. The van der Waals surface area contributed by atoms with Crippen LogP contribution in [0.4, 0.5) is 5.69 Å². The summed E-state index contributed by atoms with van der Waals surface area (Å²) in [5.74, 6) is -0.991. The molecule has 0 radical (unpaired) electrons. The quantitative estimate of drug-likeness (QED) is 0.719. The SMILES string of the molecule is O=C(OCC(=O)N(c1ccccc1)[C@H]1CCS(=O)(=O)C1)[C@H]1CCCO1. The third-order valence-electron chi connectivity index (χ3n) is 4.41. The number of benzene rings is 1. The van der Waals surface area contributed by atoms with Crippen molar-refractivity contribution in [3.05, 3.63) is 30.3 Å². The van der Waals surface area contributed by atoms with Gasteiger partial charge in [0.25, 0.3) is 5.91 Å². The van der Waals surface area contributed by atoms with E-state index in [1.165, 1.54) is 4.90 Å². The van der Waals surface area contributed by atoms with Crippen LogP contribution in [0.15, 0.2) is 30.3 Å². The number of hydrogen-bond donors (Lipinski definition) is 0. The summed E-state index contributed by atoms with van der Waals surface area (Å²) >= 11 is 0. The number of ether oxygens (including phenoxy) is 2. The summed E-state index contributed by atoms with van der Waals surface area (Å²) in [5.41, 5.74) is 0.600. The predicted octanol–water partition coefficient (Wildman–Crippen LogP) is 0.929. The van der Waals surface area contributed by atoms with Gasteiger partial charge in [-0.1, -0.05) is 18.2 Å². The number of anilines is 1. The molecule has 1 amide bonds. The Morgan fingerprint density at radius 1 is 1.20 bits per heavy atom. The maximum absolute atomic E-state index is 12.7. The molecule has 2 aliphatic heterocycles. The number of nitrogens with zero attached hydrogens (tertiary/aromatic N) is 1. The Labute approximate surface area is 146 Å². The fourth-order valence-electron chi connectivity index (χ4n) is 3.18. The zero-order valence-corrected chi connectivity index (χ0v) is 14.6. The molecule has 1 aromatic rings. The monoisotopic (exact) mass is 367 g/mol. The lowest BCUT2D eigenvalue weighted by Crippen LogP contribution is -2.44. The standard InChI is InChI=1S/C17H21NO6S/c19-16(11-24-17(20)15-7-4-9-23-15)18(13-5-2-1-3-6-13)14-8-10-25(21,22)12-14/h1-3,5-6,14-15H,4,7-12H2/t14-,15+/m0/s1. The molecule has 2 saturated heterocycles. The van der Waals surface area contributed by atoms with Crippen molar-refractivity contribution in [1.82, 2.24) is 0 Å². The molecule has 1 aromatic carbocycles. The Hall–Kier alpha value is -1.93. The summed E-state index contributed by atoms with van der Waals surface area (Å²) in [6, 6.07) is 8.40. The van der Waals surface area contributed by atoms with Crippen molar-refractivity contribution in [2.45, 2.75) is 31.4 Å². The van der Waals surface area contributed by atoms with Crippen LogP contribution in [0.25, 0.3) is 0 Å². The van der Waals surface area contributed by atoms with E-state index in [2.05, 4.69) is 0 Å². The minimum Gasteiger partial charge on any atom is -0.454 e. The number of rotatable bonds is 5. The van der Waals surface area contributed by atoms with Crippen LogP contribution in [0, 0.1) is 0 Å². The highest BCUT2D eigenvalue weighted by Crippen LogP contribution is 2.24. The van der Waals surface area contributed by atoms with Gasteiger partial charge in [0.1, 0.15) is 0 Å². The molecule has 2 heterocycles. The zero-order valence-electron chi connectivity index (χ0n) is 13.8. The van der Waals surface area contributed by atoms with E-state index in [1.54, 1.807) is 24.3 Å². The maximum atomic E-state index is 12.7. The van der Waals surface area contributed by atoms with Gasteiger partial charge in [0, 0.05) is 12.3 Å². The maximum Gasteiger partial charge on any atom is 0.335 e. The van der Waals surface area contributed by atoms with Crippen molar-refractivity contribution in [3.63, 3.8) is 0 Å². The normalized spacial score (nSPS) is 24.8. The first-order valence-electron chi connectivity index (χ1n) is 8.32. The third kappa shape index (κ3) is 4.38. The Bertz CT molecular complexity index is 727. The van der Waals surface area contributed by atoms with Gasteiger partial charge in [0.05, 0.1) is 17.5 Å². The summed E-state index contributed by atoms with van der Waals surface area (Å²) in [7, 11) is -3.15. The molecule has 0 spiro atoms. The first-order valence-corrected chi connectivity index (χ1v) is 10.1. The highest BCUT2D eigenvalue weighted by atomic mass is 32.2. The molecule has 0 unspecified atom stereocenters. The van der Waals surface area contributed by atoms with Crippen LogP contribution in [0.3, 0.4) is 0 Å². The predicted molar refractivity (Wildman–Crippen MR) is 90.9 cm³/mol. The van der Waals surface area contributed by atoms with Crippen LogP contribution in [0.1, 0.15) is 19.3 Å². The van der Waals surface area contributed by atoms with Crippen LogP contribution in [0.2, 0.25) is 0 Å². The van der Waals surface area contributed by atoms with Crippen molar-refractivity contribution in [2.75, 3.05) is 29.6 Å². The molecular weight excluding hydrogens is 346 g/mol. The van der Waals surface area contributed by atoms with Gasteiger partial charge in [-0.3, -0.25) is 4.79 Å². The number of hydrogen-bond acceptors (Lipinski definition) is 6. The molecule has 2 fully saturated rings. The lowest BCUT2D eigenvalue weighted by molar-refractivity contribution is -0.157. The van der Waals surface area contributed by atoms with Crippen LogP contribution < -0.4 is 4.90 Å². The van der Waals surface area contributed by atoms with E-state index in [9.17, 15) is 18.0 Å². The molecule has 136 valence electrons. The van der Waals surface area contributed by atoms with Crippen molar-refractivity contribution in [2.24, 2.45) is 0 Å². The molecule has 0 N–H and O–H groups in total. The van der Waals surface area contributed by atoms with Gasteiger partial charge < -0.3 is 14.4 Å². The van der Waals surface area contributed by atoms with Crippen LogP contribution >= 0.6 is 0 Å². The largest absolute Gasteiger partial charge is 0.454 e. The van der Waals surface area contributed by atoms with Crippen molar-refractivity contribution in [1.29, 1.82) is 0 Å². The van der Waals surface area contributed by atoms with Gasteiger partial charge in [-0.25, -0.2) is 13.2 Å². The van der Waals surface area contributed by atoms with Crippen molar-refractivity contribution < 1.29 is 27.5 Å². The minimum absolute atomic E-state index is 0.0595. The van der Waals surface area contributed by atoms with Gasteiger partial charge in [-0.15, -0.1) is 0 Å². The van der Waals surface area contributed by atoms with Gasteiger partial charge in [0.15, 0.2) is 22.5 Å². The minimum atomic E-state index is -3.15. The molecule has 0 bridgehead atoms. The summed E-state index contributed by atoms with van der Waals surface area (Å²) < 4.78 is 33.9. The Morgan fingerprint density at radius 3 is 2.56 bits per heavy atom. The third-order valence-corrected chi connectivity index (χ3v) is 6.16. The van der Waals surface area contributed by atoms with Crippen LogP contribution in [-0.4, -0.2) is 57.2 Å². The molecule has 8 heteroatoms. The van der Waals surface area contributed by atoms with E-state index in [-0.39, 0.29) is 11.5 Å². The van der Waals surface area contributed by atoms with E-state index < -0.39 is 40.5 Å². The average molecular weight is 367 g/mol. The van der Waals surface area contributed by atoms with Crippen molar-refractivity contribution in [3.8, 4) is 0 Å². The van der Waals surface area contributed by atoms with Crippen molar-refractivity contribution >= 4 is 27.4 Å². The van der Waals surface area contributed by atoms with E-state index >= 15 is 0 Å². The Kier molecular flexibility index (Phi) is 5.39. The smallest absolute Gasteiger partial charge is 0.335 e. The van der Waals surface area contributed by atoms with Gasteiger partial charge in [-0.2, -0.15) is 0 Å². The molecule has 0 saturated carbocycles. The number of carbonyl (C=O) groups is 2. The van der Waals surface area contributed by atoms with E-state index in [4.69, 9.17) is 9.47 Å². The van der Waals surface area contributed by atoms with Gasteiger partial charge in [-0.05, 0) is 31.4 Å². The first-order chi connectivity index (χ1) is 12.0. The molecule has 3 rings (SSSR count). The summed E-state index contributed by atoms with van der Waals surface area (Å²) in [4.78, 5) is 26.0. The Balaban J connectivity index is 1.70. The fraction of sp³-hybridized carbons (Fsp3) is 0.529. The molecule has 0 aromatic heterocycles. The number of esters is 1. The van der Waals surface area contributed by atoms with E-state index in [0.717, 1.165) is 6.42 Å². The topological polar surface area (TPSA) is 90.0 Å². The second-order valence-corrected chi connectivity index (χ2v) is 8.49. The first kappa shape index (κ1) is 17.9. The fourth-order valence-corrected chi connectivity index (χ4v) is 4.88. The lowest BCUT2D eigenvalue weighted by Gasteiger charge is -2.28. The van der Waals surface area contributed by atoms with E-state index in [0.29, 0.717) is 25.1 Å².